The van der Waals surface area contributed by atoms with Crippen LogP contribution in [0.15, 0.2) is 0 Å². The van der Waals surface area contributed by atoms with Crippen molar-refractivity contribution in [1.82, 2.24) is 10.2 Å². The van der Waals surface area contributed by atoms with E-state index in [1.54, 1.807) is 14.0 Å². The fourth-order valence-corrected chi connectivity index (χ4v) is 3.68. The highest BCUT2D eigenvalue weighted by atomic mass is 16.5. The number of ether oxygens (including phenoxy) is 1. The fourth-order valence-electron chi connectivity index (χ4n) is 3.68. The summed E-state index contributed by atoms with van der Waals surface area (Å²) >= 11 is 0. The first-order chi connectivity index (χ1) is 9.48. The molecule has 0 bridgehead atoms. The van der Waals surface area contributed by atoms with Crippen LogP contribution in [0.1, 0.15) is 46.0 Å². The summed E-state index contributed by atoms with van der Waals surface area (Å²) in [6, 6.07) is 0.723. The molecule has 4 unspecified atom stereocenters. The Balaban J connectivity index is 2.03. The lowest BCUT2D eigenvalue weighted by Gasteiger charge is -2.47. The molecule has 20 heavy (non-hydrogen) atoms. The van der Waals surface area contributed by atoms with E-state index in [9.17, 15) is 9.90 Å². The van der Waals surface area contributed by atoms with Crippen LogP contribution in [0.5, 0.6) is 0 Å². The summed E-state index contributed by atoms with van der Waals surface area (Å²) < 4.78 is 5.89. The summed E-state index contributed by atoms with van der Waals surface area (Å²) in [4.78, 5) is 13.9. The van der Waals surface area contributed by atoms with E-state index in [0.717, 1.165) is 19.6 Å². The number of hydrogen-bond acceptors (Lipinski definition) is 4. The molecule has 1 saturated carbocycles. The van der Waals surface area contributed by atoms with E-state index in [0.29, 0.717) is 18.6 Å². The number of rotatable bonds is 5. The predicted octanol–water partition coefficient (Wildman–Crippen LogP) is 1.47. The highest BCUT2D eigenvalue weighted by Gasteiger charge is 2.40. The normalized spacial score (nSPS) is 32.1. The second-order valence-corrected chi connectivity index (χ2v) is 6.44. The molecule has 0 spiro atoms. The molecule has 2 aliphatic rings. The van der Waals surface area contributed by atoms with E-state index >= 15 is 0 Å². The second-order valence-electron chi connectivity index (χ2n) is 6.44. The lowest BCUT2D eigenvalue weighted by molar-refractivity contribution is -0.146. The molecule has 1 aliphatic carbocycles. The summed E-state index contributed by atoms with van der Waals surface area (Å²) in [7, 11) is 1.73. The van der Waals surface area contributed by atoms with Gasteiger partial charge in [0.15, 0.2) is 0 Å². The Morgan fingerprint density at radius 1 is 1.50 bits per heavy atom. The van der Waals surface area contributed by atoms with Gasteiger partial charge in [-0.25, -0.2) is 0 Å². The standard InChI is InChI=1S/C15H28N2O3/c1-11(10-15(2,16-3)14(18)19)17-8-9-20-13-7-5-4-6-12(13)17/h11-13,16H,4-10H2,1-3H3,(H,18,19). The van der Waals surface area contributed by atoms with Crippen molar-refractivity contribution in [3.63, 3.8) is 0 Å². The molecular formula is C15H28N2O3. The van der Waals surface area contributed by atoms with Crippen molar-refractivity contribution in [3.8, 4) is 0 Å². The van der Waals surface area contributed by atoms with Gasteiger partial charge in [-0.05, 0) is 40.2 Å². The summed E-state index contributed by atoms with van der Waals surface area (Å²) in [6.45, 7) is 5.61. The molecule has 116 valence electrons. The zero-order valence-corrected chi connectivity index (χ0v) is 12.9. The second kappa shape index (κ2) is 6.41. The lowest BCUT2D eigenvalue weighted by atomic mass is 9.87. The third kappa shape index (κ3) is 3.15. The van der Waals surface area contributed by atoms with Gasteiger partial charge in [0, 0.05) is 18.6 Å². The minimum atomic E-state index is -0.859. The first-order valence-corrected chi connectivity index (χ1v) is 7.77. The molecule has 2 fully saturated rings. The van der Waals surface area contributed by atoms with Crippen molar-refractivity contribution in [2.24, 2.45) is 0 Å². The molecular weight excluding hydrogens is 256 g/mol. The number of carbonyl (C=O) groups is 1. The smallest absolute Gasteiger partial charge is 0.323 e. The summed E-state index contributed by atoms with van der Waals surface area (Å²) in [5.41, 5.74) is -0.859. The van der Waals surface area contributed by atoms with Crippen molar-refractivity contribution in [3.05, 3.63) is 0 Å². The van der Waals surface area contributed by atoms with Crippen LogP contribution in [0.2, 0.25) is 0 Å². The summed E-state index contributed by atoms with van der Waals surface area (Å²) in [6.07, 6.45) is 5.81. The van der Waals surface area contributed by atoms with E-state index in [1.807, 2.05) is 0 Å². The fraction of sp³-hybridized carbons (Fsp3) is 0.933. The Morgan fingerprint density at radius 2 is 2.20 bits per heavy atom. The molecule has 2 rings (SSSR count). The number of hydrogen-bond donors (Lipinski definition) is 2. The first kappa shape index (κ1) is 15.7. The number of likely N-dealkylation sites (N-methyl/N-ethyl adjacent to an activating group) is 1. The van der Waals surface area contributed by atoms with E-state index < -0.39 is 11.5 Å². The van der Waals surface area contributed by atoms with Gasteiger partial charge >= 0.3 is 5.97 Å². The molecule has 0 aromatic rings. The molecule has 2 N–H and O–H groups in total. The number of morpholine rings is 1. The van der Waals surface area contributed by atoms with Crippen molar-refractivity contribution >= 4 is 5.97 Å². The Labute approximate surface area is 121 Å². The number of carboxylic acids is 1. The largest absolute Gasteiger partial charge is 0.480 e. The van der Waals surface area contributed by atoms with Crippen LogP contribution in [0.25, 0.3) is 0 Å². The molecule has 5 heteroatoms. The van der Waals surface area contributed by atoms with Gasteiger partial charge in [-0.3, -0.25) is 9.69 Å². The van der Waals surface area contributed by atoms with Crippen LogP contribution in [0.4, 0.5) is 0 Å². The van der Waals surface area contributed by atoms with E-state index in [1.165, 1.54) is 19.3 Å². The van der Waals surface area contributed by atoms with Crippen molar-refractivity contribution in [2.75, 3.05) is 20.2 Å². The van der Waals surface area contributed by atoms with Gasteiger partial charge in [0.05, 0.1) is 12.7 Å². The van der Waals surface area contributed by atoms with Gasteiger partial charge in [0.25, 0.3) is 0 Å². The molecule has 1 heterocycles. The maximum atomic E-state index is 11.4. The van der Waals surface area contributed by atoms with Crippen LogP contribution >= 0.6 is 0 Å². The SMILES string of the molecule is CNC(C)(CC(C)N1CCOC2CCCCC21)C(=O)O. The highest BCUT2D eigenvalue weighted by molar-refractivity contribution is 5.78. The summed E-state index contributed by atoms with van der Waals surface area (Å²) in [5.74, 6) is -0.777. The maximum absolute atomic E-state index is 11.4. The molecule has 5 nitrogen and oxygen atoms in total. The lowest BCUT2D eigenvalue weighted by Crippen LogP contribution is -2.59. The van der Waals surface area contributed by atoms with Crippen molar-refractivity contribution < 1.29 is 14.6 Å². The zero-order chi connectivity index (χ0) is 14.8. The maximum Gasteiger partial charge on any atom is 0.323 e. The van der Waals surface area contributed by atoms with E-state index in [2.05, 4.69) is 17.1 Å². The number of aliphatic carboxylic acids is 1. The topological polar surface area (TPSA) is 61.8 Å². The van der Waals surface area contributed by atoms with Crippen molar-refractivity contribution in [1.29, 1.82) is 0 Å². The van der Waals surface area contributed by atoms with E-state index in [-0.39, 0.29) is 6.04 Å². The van der Waals surface area contributed by atoms with Gasteiger partial charge in [-0.2, -0.15) is 0 Å². The van der Waals surface area contributed by atoms with Gasteiger partial charge in [0.2, 0.25) is 0 Å². The predicted molar refractivity (Wildman–Crippen MR) is 77.9 cm³/mol. The molecule has 1 saturated heterocycles. The van der Waals surface area contributed by atoms with Crippen LogP contribution in [0, 0.1) is 0 Å². The Hall–Kier alpha value is -0.650. The molecule has 4 atom stereocenters. The van der Waals surface area contributed by atoms with Crippen LogP contribution < -0.4 is 5.32 Å². The van der Waals surface area contributed by atoms with Gasteiger partial charge in [0.1, 0.15) is 5.54 Å². The number of fused-ring (bicyclic) bond motifs is 1. The quantitative estimate of drug-likeness (QED) is 0.800. The first-order valence-electron chi connectivity index (χ1n) is 7.77. The average molecular weight is 284 g/mol. The van der Waals surface area contributed by atoms with Gasteiger partial charge in [-0.15, -0.1) is 0 Å². The van der Waals surface area contributed by atoms with Crippen molar-refractivity contribution in [2.45, 2.75) is 69.7 Å². The highest BCUT2D eigenvalue weighted by Crippen LogP contribution is 2.31. The van der Waals surface area contributed by atoms with Gasteiger partial charge < -0.3 is 15.2 Å². The third-order valence-corrected chi connectivity index (χ3v) is 5.07. The average Bonchev–Trinajstić information content (AvgIpc) is 2.46. The van der Waals surface area contributed by atoms with Crippen LogP contribution in [0.3, 0.4) is 0 Å². The minimum absolute atomic E-state index is 0.248. The van der Waals surface area contributed by atoms with Crippen LogP contribution in [-0.4, -0.2) is 59.9 Å². The molecule has 0 radical (unpaired) electrons. The van der Waals surface area contributed by atoms with E-state index in [4.69, 9.17) is 4.74 Å². The molecule has 0 aromatic heterocycles. The Bertz CT molecular complexity index is 348. The number of carboxylic acid groups (broad SMARTS) is 1. The molecule has 1 aliphatic heterocycles. The minimum Gasteiger partial charge on any atom is -0.480 e. The van der Waals surface area contributed by atoms with Crippen LogP contribution in [-0.2, 0) is 9.53 Å². The number of nitrogens with zero attached hydrogens (tertiary/aromatic N) is 1. The summed E-state index contributed by atoms with van der Waals surface area (Å²) in [5, 5.41) is 12.4. The zero-order valence-electron chi connectivity index (χ0n) is 12.9. The molecule has 0 aromatic carbocycles. The Kier molecular flexibility index (Phi) is 5.04. The third-order valence-electron chi connectivity index (χ3n) is 5.07. The Morgan fingerprint density at radius 3 is 2.85 bits per heavy atom. The van der Waals surface area contributed by atoms with Gasteiger partial charge in [-0.1, -0.05) is 12.8 Å². The monoisotopic (exact) mass is 284 g/mol. The number of nitrogens with one attached hydrogen (secondary N) is 1. The molecule has 0 amide bonds.